The zero-order valence-electron chi connectivity index (χ0n) is 11.3. The summed E-state index contributed by atoms with van der Waals surface area (Å²) >= 11 is 6.05. The zero-order chi connectivity index (χ0) is 14.5. The number of anilines is 1. The number of carbonyl (C=O) groups is 1. The third kappa shape index (κ3) is 3.82. The number of hydrogen-bond donors (Lipinski definition) is 2. The Morgan fingerprint density at radius 2 is 2.30 bits per heavy atom. The second-order valence-electron chi connectivity index (χ2n) is 4.78. The summed E-state index contributed by atoms with van der Waals surface area (Å²) in [6.07, 6.45) is 1.44. The second kappa shape index (κ2) is 6.88. The van der Waals surface area contributed by atoms with E-state index < -0.39 is 5.97 Å². The highest BCUT2D eigenvalue weighted by Crippen LogP contribution is 2.24. The molecule has 0 saturated carbocycles. The maximum atomic E-state index is 11.0. The van der Waals surface area contributed by atoms with E-state index in [1.165, 1.54) is 12.3 Å². The average molecular weight is 300 g/mol. The van der Waals surface area contributed by atoms with Gasteiger partial charge in [-0.05, 0) is 13.0 Å². The molecular weight excluding hydrogens is 282 g/mol. The molecule has 0 bridgehead atoms. The molecule has 20 heavy (non-hydrogen) atoms. The number of morpholine rings is 1. The number of carboxylic acids is 1. The lowest BCUT2D eigenvalue weighted by atomic mass is 10.2. The van der Waals surface area contributed by atoms with Crippen molar-refractivity contribution in [1.82, 2.24) is 9.88 Å². The maximum Gasteiger partial charge on any atom is 0.337 e. The molecule has 1 saturated heterocycles. The maximum absolute atomic E-state index is 11.0. The van der Waals surface area contributed by atoms with E-state index in [0.29, 0.717) is 5.82 Å². The van der Waals surface area contributed by atoms with Crippen LogP contribution in [0.15, 0.2) is 12.3 Å². The van der Waals surface area contributed by atoms with E-state index in [4.69, 9.17) is 21.4 Å². The molecule has 7 heteroatoms. The van der Waals surface area contributed by atoms with Crippen molar-refractivity contribution in [3.05, 3.63) is 22.8 Å². The minimum absolute atomic E-state index is 0.0581. The van der Waals surface area contributed by atoms with E-state index in [1.54, 1.807) is 0 Å². The van der Waals surface area contributed by atoms with Crippen molar-refractivity contribution in [2.75, 3.05) is 38.2 Å². The molecule has 2 N–H and O–H groups in total. The van der Waals surface area contributed by atoms with Gasteiger partial charge in [-0.1, -0.05) is 11.6 Å². The molecule has 2 rings (SSSR count). The Morgan fingerprint density at radius 1 is 1.60 bits per heavy atom. The molecule has 1 aliphatic heterocycles. The van der Waals surface area contributed by atoms with Crippen LogP contribution in [-0.4, -0.2) is 59.8 Å². The molecule has 0 spiro atoms. The summed E-state index contributed by atoms with van der Waals surface area (Å²) in [6, 6.07) is 1.50. The van der Waals surface area contributed by atoms with Crippen LogP contribution in [0.4, 0.5) is 5.82 Å². The predicted octanol–water partition coefficient (Wildman–Crippen LogP) is 1.57. The third-order valence-electron chi connectivity index (χ3n) is 3.14. The first kappa shape index (κ1) is 15.0. The van der Waals surface area contributed by atoms with Gasteiger partial charge >= 0.3 is 5.97 Å². The molecule has 1 aromatic rings. The summed E-state index contributed by atoms with van der Waals surface area (Å²) in [5.74, 6) is -0.645. The molecule has 2 heterocycles. The number of halogens is 1. The Hall–Kier alpha value is -1.37. The largest absolute Gasteiger partial charge is 0.478 e. The average Bonchev–Trinajstić information content (AvgIpc) is 2.42. The molecule has 0 aliphatic carbocycles. The minimum atomic E-state index is -1.05. The highest BCUT2D eigenvalue weighted by molar-refractivity contribution is 6.35. The van der Waals surface area contributed by atoms with E-state index in [2.05, 4.69) is 15.2 Å². The van der Waals surface area contributed by atoms with Gasteiger partial charge in [-0.2, -0.15) is 0 Å². The molecule has 1 aliphatic rings. The molecule has 1 unspecified atom stereocenters. The van der Waals surface area contributed by atoms with Crippen molar-refractivity contribution in [3.63, 3.8) is 0 Å². The Balaban J connectivity index is 1.98. The fourth-order valence-electron chi connectivity index (χ4n) is 2.16. The van der Waals surface area contributed by atoms with Crippen molar-refractivity contribution in [1.29, 1.82) is 0 Å². The van der Waals surface area contributed by atoms with E-state index in [0.717, 1.165) is 32.8 Å². The van der Waals surface area contributed by atoms with Crippen molar-refractivity contribution < 1.29 is 14.6 Å². The van der Waals surface area contributed by atoms with Gasteiger partial charge in [-0.25, -0.2) is 9.78 Å². The van der Waals surface area contributed by atoms with Gasteiger partial charge in [0.1, 0.15) is 5.82 Å². The normalized spacial score (nSPS) is 17.7. The lowest BCUT2D eigenvalue weighted by Gasteiger charge is -2.29. The van der Waals surface area contributed by atoms with Gasteiger partial charge < -0.3 is 15.2 Å². The van der Waals surface area contributed by atoms with Crippen LogP contribution < -0.4 is 5.32 Å². The molecule has 6 nitrogen and oxygen atoms in total. The SMILES string of the molecule is CC(CN1CCOCC1)Nc1nccc(C(=O)O)c1Cl. The third-order valence-corrected chi connectivity index (χ3v) is 3.52. The van der Waals surface area contributed by atoms with Gasteiger partial charge in [-0.15, -0.1) is 0 Å². The topological polar surface area (TPSA) is 74.7 Å². The van der Waals surface area contributed by atoms with Crippen molar-refractivity contribution in [2.45, 2.75) is 13.0 Å². The molecule has 0 amide bonds. The van der Waals surface area contributed by atoms with Gasteiger partial charge in [0.25, 0.3) is 0 Å². The molecule has 110 valence electrons. The molecule has 0 radical (unpaired) electrons. The summed E-state index contributed by atoms with van der Waals surface area (Å²) in [6.45, 7) is 6.16. The Morgan fingerprint density at radius 3 is 2.95 bits per heavy atom. The van der Waals surface area contributed by atoms with Crippen LogP contribution in [0.25, 0.3) is 0 Å². The summed E-state index contributed by atoms with van der Waals surface area (Å²) in [7, 11) is 0. The summed E-state index contributed by atoms with van der Waals surface area (Å²) in [5.41, 5.74) is 0.0581. The van der Waals surface area contributed by atoms with Crippen LogP contribution in [-0.2, 0) is 4.74 Å². The van der Waals surface area contributed by atoms with Crippen molar-refractivity contribution in [2.24, 2.45) is 0 Å². The highest BCUT2D eigenvalue weighted by atomic mass is 35.5. The lowest BCUT2D eigenvalue weighted by Crippen LogP contribution is -2.42. The number of nitrogens with one attached hydrogen (secondary N) is 1. The fraction of sp³-hybridized carbons (Fsp3) is 0.538. The first-order valence-electron chi connectivity index (χ1n) is 6.52. The Labute approximate surface area is 122 Å². The van der Waals surface area contributed by atoms with E-state index in [9.17, 15) is 4.79 Å². The standard InChI is InChI=1S/C13H18ClN3O3/c1-9(8-17-4-6-20-7-5-17)16-12-11(14)10(13(18)19)2-3-15-12/h2-3,9H,4-8H2,1H3,(H,15,16)(H,18,19). The Bertz CT molecular complexity index is 478. The number of carboxylic acid groups (broad SMARTS) is 1. The Kier molecular flexibility index (Phi) is 5.17. The number of aromatic carboxylic acids is 1. The first-order valence-corrected chi connectivity index (χ1v) is 6.90. The molecule has 1 aromatic heterocycles. The number of nitrogens with zero attached hydrogens (tertiary/aromatic N) is 2. The fourth-order valence-corrected chi connectivity index (χ4v) is 2.41. The molecule has 1 fully saturated rings. The minimum Gasteiger partial charge on any atom is -0.478 e. The summed E-state index contributed by atoms with van der Waals surface area (Å²) in [5, 5.41) is 12.3. The van der Waals surface area contributed by atoms with Crippen LogP contribution >= 0.6 is 11.6 Å². The summed E-state index contributed by atoms with van der Waals surface area (Å²) < 4.78 is 5.30. The van der Waals surface area contributed by atoms with E-state index >= 15 is 0 Å². The highest BCUT2D eigenvalue weighted by Gasteiger charge is 2.17. The quantitative estimate of drug-likeness (QED) is 0.859. The van der Waals surface area contributed by atoms with Gasteiger partial charge in [0, 0.05) is 31.9 Å². The number of hydrogen-bond acceptors (Lipinski definition) is 5. The van der Waals surface area contributed by atoms with Crippen LogP contribution in [0.2, 0.25) is 5.02 Å². The van der Waals surface area contributed by atoms with Crippen LogP contribution in [0.3, 0.4) is 0 Å². The predicted molar refractivity (Wildman–Crippen MR) is 76.6 cm³/mol. The van der Waals surface area contributed by atoms with Gasteiger partial charge in [0.2, 0.25) is 0 Å². The lowest BCUT2D eigenvalue weighted by molar-refractivity contribution is 0.0368. The number of aromatic nitrogens is 1. The smallest absolute Gasteiger partial charge is 0.337 e. The van der Waals surface area contributed by atoms with Gasteiger partial charge in [0.15, 0.2) is 0 Å². The van der Waals surface area contributed by atoms with Crippen LogP contribution in [0.1, 0.15) is 17.3 Å². The molecule has 1 atom stereocenters. The van der Waals surface area contributed by atoms with Gasteiger partial charge in [0.05, 0.1) is 23.8 Å². The van der Waals surface area contributed by atoms with Crippen LogP contribution in [0, 0.1) is 0 Å². The monoisotopic (exact) mass is 299 g/mol. The summed E-state index contributed by atoms with van der Waals surface area (Å²) in [4.78, 5) is 17.4. The number of ether oxygens (including phenoxy) is 1. The first-order chi connectivity index (χ1) is 9.58. The zero-order valence-corrected chi connectivity index (χ0v) is 12.1. The number of rotatable bonds is 5. The molecular formula is C13H18ClN3O3. The van der Waals surface area contributed by atoms with E-state index in [1.807, 2.05) is 6.92 Å². The molecule has 0 aromatic carbocycles. The van der Waals surface area contributed by atoms with Crippen LogP contribution in [0.5, 0.6) is 0 Å². The van der Waals surface area contributed by atoms with Crippen molar-refractivity contribution >= 4 is 23.4 Å². The van der Waals surface area contributed by atoms with Gasteiger partial charge in [-0.3, -0.25) is 4.90 Å². The van der Waals surface area contributed by atoms with Crippen molar-refractivity contribution in [3.8, 4) is 0 Å². The second-order valence-corrected chi connectivity index (χ2v) is 5.16. The van der Waals surface area contributed by atoms with E-state index in [-0.39, 0.29) is 16.6 Å². The number of pyridine rings is 1.